The highest BCUT2D eigenvalue weighted by Gasteiger charge is 2.33. The molecule has 0 amide bonds. The van der Waals surface area contributed by atoms with Crippen molar-refractivity contribution in [1.82, 2.24) is 24.6 Å². The van der Waals surface area contributed by atoms with Gasteiger partial charge in [0, 0.05) is 25.6 Å². The van der Waals surface area contributed by atoms with Crippen LogP contribution in [0.1, 0.15) is 61.5 Å². The highest BCUT2D eigenvalue weighted by molar-refractivity contribution is 5.73. The molecule has 0 spiro atoms. The fraction of sp³-hybridized carbons (Fsp3) is 0.478. The van der Waals surface area contributed by atoms with E-state index in [0.717, 1.165) is 49.5 Å². The second-order valence-electron chi connectivity index (χ2n) is 8.81. The first-order chi connectivity index (χ1) is 14.6. The lowest BCUT2D eigenvalue weighted by molar-refractivity contribution is 0.318. The van der Waals surface area contributed by atoms with Gasteiger partial charge in [-0.05, 0) is 36.5 Å². The number of nitriles is 1. The molecule has 1 saturated carbocycles. The van der Waals surface area contributed by atoms with Gasteiger partial charge >= 0.3 is 0 Å². The molecule has 1 N–H and O–H groups in total. The van der Waals surface area contributed by atoms with E-state index in [1.54, 1.807) is 6.20 Å². The zero-order chi connectivity index (χ0) is 20.7. The quantitative estimate of drug-likeness (QED) is 0.723. The van der Waals surface area contributed by atoms with Crippen LogP contribution in [0.4, 0.5) is 0 Å². The molecule has 7 nitrogen and oxygen atoms in total. The summed E-state index contributed by atoms with van der Waals surface area (Å²) >= 11 is 0. The van der Waals surface area contributed by atoms with Gasteiger partial charge in [-0.1, -0.05) is 31.9 Å². The topological polar surface area (TPSA) is 90.6 Å². The van der Waals surface area contributed by atoms with Crippen LogP contribution in [0.2, 0.25) is 0 Å². The van der Waals surface area contributed by atoms with Gasteiger partial charge in [0.2, 0.25) is 0 Å². The number of aromatic nitrogens is 4. The summed E-state index contributed by atoms with van der Waals surface area (Å²) in [6.45, 7) is 4.78. The highest BCUT2D eigenvalue weighted by atomic mass is 16.1. The number of likely N-dealkylation sites (tertiary alicyclic amines) is 1. The van der Waals surface area contributed by atoms with Gasteiger partial charge in [-0.15, -0.1) is 0 Å². The van der Waals surface area contributed by atoms with Crippen LogP contribution in [-0.4, -0.2) is 37.7 Å². The molecule has 0 bridgehead atoms. The molecule has 3 aromatic rings. The second-order valence-corrected chi connectivity index (χ2v) is 8.81. The lowest BCUT2D eigenvalue weighted by atomic mass is 9.97. The van der Waals surface area contributed by atoms with Gasteiger partial charge in [-0.25, -0.2) is 9.67 Å². The summed E-state index contributed by atoms with van der Waals surface area (Å²) in [4.78, 5) is 23.1. The predicted molar refractivity (Wildman–Crippen MR) is 114 cm³/mol. The SMILES string of the molecule is C[C@@H]1CN(Cc2cccc(C#N)c2)C[C@H]1c1nc2c(cnn2C2CCCC2)c(=O)[nH]1. The van der Waals surface area contributed by atoms with E-state index in [2.05, 4.69) is 34.0 Å². The van der Waals surface area contributed by atoms with Gasteiger partial charge < -0.3 is 4.98 Å². The third-order valence-corrected chi connectivity index (χ3v) is 6.65. The van der Waals surface area contributed by atoms with Crippen molar-refractivity contribution in [2.24, 2.45) is 5.92 Å². The normalized spacial score (nSPS) is 22.7. The molecule has 2 aromatic heterocycles. The maximum absolute atomic E-state index is 12.7. The Hall–Kier alpha value is -2.98. The maximum Gasteiger partial charge on any atom is 0.262 e. The number of hydrogen-bond donors (Lipinski definition) is 1. The van der Waals surface area contributed by atoms with Crippen LogP contribution in [0.15, 0.2) is 35.3 Å². The van der Waals surface area contributed by atoms with Crippen molar-refractivity contribution in [2.45, 2.75) is 51.1 Å². The molecule has 30 heavy (non-hydrogen) atoms. The van der Waals surface area contributed by atoms with E-state index in [0.29, 0.717) is 22.9 Å². The van der Waals surface area contributed by atoms with Crippen molar-refractivity contribution < 1.29 is 0 Å². The lowest BCUT2D eigenvalue weighted by Crippen LogP contribution is -2.21. The number of aromatic amines is 1. The van der Waals surface area contributed by atoms with E-state index >= 15 is 0 Å². The fourth-order valence-electron chi connectivity index (χ4n) is 5.09. The fourth-order valence-corrected chi connectivity index (χ4v) is 5.09. The van der Waals surface area contributed by atoms with Gasteiger partial charge in [0.15, 0.2) is 5.65 Å². The molecule has 154 valence electrons. The summed E-state index contributed by atoms with van der Waals surface area (Å²) < 4.78 is 1.98. The molecule has 2 aliphatic rings. The van der Waals surface area contributed by atoms with E-state index in [-0.39, 0.29) is 11.5 Å². The average Bonchev–Trinajstić information content (AvgIpc) is 3.47. The lowest BCUT2D eigenvalue weighted by Gasteiger charge is -2.16. The number of H-pyrrole nitrogens is 1. The minimum absolute atomic E-state index is 0.0911. The number of nitrogens with zero attached hydrogens (tertiary/aromatic N) is 5. The van der Waals surface area contributed by atoms with Crippen molar-refractivity contribution in [1.29, 1.82) is 5.26 Å². The Bertz CT molecular complexity index is 1170. The van der Waals surface area contributed by atoms with E-state index in [1.807, 2.05) is 22.9 Å². The van der Waals surface area contributed by atoms with Crippen molar-refractivity contribution in [3.05, 3.63) is 57.8 Å². The third kappa shape index (κ3) is 3.41. The highest BCUT2D eigenvalue weighted by Crippen LogP contribution is 2.33. The van der Waals surface area contributed by atoms with Crippen LogP contribution in [0.25, 0.3) is 11.0 Å². The molecule has 2 fully saturated rings. The van der Waals surface area contributed by atoms with Gasteiger partial charge in [0.05, 0.1) is 23.9 Å². The molecule has 1 aliphatic carbocycles. The zero-order valence-electron chi connectivity index (χ0n) is 17.2. The first-order valence-electron chi connectivity index (χ1n) is 10.8. The Kier molecular flexibility index (Phi) is 4.87. The molecule has 0 radical (unpaired) electrons. The average molecular weight is 403 g/mol. The zero-order valence-corrected chi connectivity index (χ0v) is 17.2. The summed E-state index contributed by atoms with van der Waals surface area (Å²) in [5.41, 5.74) is 2.46. The van der Waals surface area contributed by atoms with Crippen molar-refractivity contribution >= 4 is 11.0 Å². The first kappa shape index (κ1) is 19.0. The molecule has 3 heterocycles. The molecular formula is C23H26N6O. The number of hydrogen-bond acceptors (Lipinski definition) is 5. The molecule has 1 saturated heterocycles. The minimum Gasteiger partial charge on any atom is -0.310 e. The molecule has 1 aliphatic heterocycles. The monoisotopic (exact) mass is 402 g/mol. The first-order valence-corrected chi connectivity index (χ1v) is 10.8. The minimum atomic E-state index is -0.0911. The van der Waals surface area contributed by atoms with Crippen LogP contribution in [0, 0.1) is 17.2 Å². The largest absolute Gasteiger partial charge is 0.310 e. The van der Waals surface area contributed by atoms with E-state index < -0.39 is 0 Å². The Morgan fingerprint density at radius 2 is 2.10 bits per heavy atom. The van der Waals surface area contributed by atoms with E-state index in [1.165, 1.54) is 12.8 Å². The van der Waals surface area contributed by atoms with Gasteiger partial charge in [0.25, 0.3) is 5.56 Å². The van der Waals surface area contributed by atoms with Gasteiger partial charge in [-0.3, -0.25) is 9.69 Å². The van der Waals surface area contributed by atoms with Gasteiger partial charge in [0.1, 0.15) is 11.2 Å². The number of nitrogens with one attached hydrogen (secondary N) is 1. The summed E-state index contributed by atoms with van der Waals surface area (Å²) in [6.07, 6.45) is 6.30. The summed E-state index contributed by atoms with van der Waals surface area (Å²) in [7, 11) is 0. The Labute approximate surface area is 175 Å². The summed E-state index contributed by atoms with van der Waals surface area (Å²) in [5.74, 6) is 1.33. The molecule has 5 rings (SSSR count). The molecular weight excluding hydrogens is 376 g/mol. The molecule has 1 aromatic carbocycles. The van der Waals surface area contributed by atoms with Crippen LogP contribution >= 0.6 is 0 Å². The molecule has 7 heteroatoms. The number of rotatable bonds is 4. The molecule has 0 unspecified atom stereocenters. The standard InChI is InChI=1S/C23H26N6O/c1-15-12-28(13-17-6-4-5-16(9-17)10-24)14-20(15)21-26-22-19(23(30)27-21)11-25-29(22)18-7-2-3-8-18/h4-6,9,11,15,18,20H,2-3,7-8,12-14H2,1H3,(H,26,27,30)/t15-,20-/m1/s1. The van der Waals surface area contributed by atoms with Crippen molar-refractivity contribution in [2.75, 3.05) is 13.1 Å². The van der Waals surface area contributed by atoms with Crippen LogP contribution < -0.4 is 5.56 Å². The maximum atomic E-state index is 12.7. The Balaban J connectivity index is 1.41. The number of benzene rings is 1. The summed E-state index contributed by atoms with van der Waals surface area (Å²) in [6, 6.07) is 10.3. The van der Waals surface area contributed by atoms with Crippen LogP contribution in [-0.2, 0) is 6.54 Å². The third-order valence-electron chi connectivity index (χ3n) is 6.65. The predicted octanol–water partition coefficient (Wildman–Crippen LogP) is 3.34. The smallest absolute Gasteiger partial charge is 0.262 e. The second kappa shape index (κ2) is 7.69. The Morgan fingerprint density at radius 3 is 2.90 bits per heavy atom. The van der Waals surface area contributed by atoms with E-state index in [9.17, 15) is 4.79 Å². The Morgan fingerprint density at radius 1 is 1.27 bits per heavy atom. The van der Waals surface area contributed by atoms with E-state index in [4.69, 9.17) is 10.2 Å². The van der Waals surface area contributed by atoms with Crippen molar-refractivity contribution in [3.8, 4) is 6.07 Å². The number of fused-ring (bicyclic) bond motifs is 1. The van der Waals surface area contributed by atoms with Crippen LogP contribution in [0.3, 0.4) is 0 Å². The summed E-state index contributed by atoms with van der Waals surface area (Å²) in [5, 5.41) is 14.2. The van der Waals surface area contributed by atoms with Crippen LogP contribution in [0.5, 0.6) is 0 Å². The van der Waals surface area contributed by atoms with Crippen molar-refractivity contribution in [3.63, 3.8) is 0 Å². The van der Waals surface area contributed by atoms with Gasteiger partial charge in [-0.2, -0.15) is 10.4 Å². The molecule has 2 atom stereocenters.